The van der Waals surface area contributed by atoms with Gasteiger partial charge >= 0.3 is 0 Å². The summed E-state index contributed by atoms with van der Waals surface area (Å²) in [6, 6.07) is 11.3. The minimum atomic E-state index is -0.260. The van der Waals surface area contributed by atoms with Gasteiger partial charge in [0.05, 0.1) is 7.11 Å². The summed E-state index contributed by atoms with van der Waals surface area (Å²) < 4.78 is 23.4. The Balaban J connectivity index is 2.05. The maximum atomic E-state index is 12.7. The maximum absolute atomic E-state index is 12.7. The number of ether oxygens (including phenoxy) is 2. The van der Waals surface area contributed by atoms with Crippen LogP contribution in [-0.2, 0) is 6.61 Å². The Bertz CT molecular complexity index is 526. The predicted molar refractivity (Wildman–Crippen MR) is 68.1 cm³/mol. The van der Waals surface area contributed by atoms with Gasteiger partial charge in [-0.05, 0) is 17.7 Å². The summed E-state index contributed by atoms with van der Waals surface area (Å²) >= 11 is 0. The number of rotatable bonds is 4. The van der Waals surface area contributed by atoms with E-state index in [1.165, 1.54) is 12.1 Å². The van der Waals surface area contributed by atoms with Gasteiger partial charge in [-0.2, -0.15) is 0 Å². The topological polar surface area (TPSA) is 44.5 Å². The van der Waals surface area contributed by atoms with E-state index in [9.17, 15) is 4.39 Å². The van der Waals surface area contributed by atoms with Crippen LogP contribution in [0.5, 0.6) is 11.5 Å². The van der Waals surface area contributed by atoms with E-state index in [0.29, 0.717) is 23.8 Å². The molecule has 0 fully saturated rings. The molecule has 2 aromatic carbocycles. The molecule has 0 aromatic heterocycles. The number of anilines is 1. The third kappa shape index (κ3) is 3.13. The number of hydrogen-bond acceptors (Lipinski definition) is 3. The molecule has 0 saturated heterocycles. The number of nitrogens with two attached hydrogens (primary N) is 1. The van der Waals surface area contributed by atoms with Gasteiger partial charge in [0.15, 0.2) is 0 Å². The number of methoxy groups -OCH3 is 1. The number of halogens is 1. The molecule has 0 aliphatic carbocycles. The van der Waals surface area contributed by atoms with Crippen molar-refractivity contribution in [1.29, 1.82) is 0 Å². The molecule has 0 aliphatic heterocycles. The average Bonchev–Trinajstić information content (AvgIpc) is 2.37. The molecule has 3 nitrogen and oxygen atoms in total. The average molecular weight is 247 g/mol. The van der Waals surface area contributed by atoms with E-state index in [2.05, 4.69) is 0 Å². The van der Waals surface area contributed by atoms with Gasteiger partial charge in [-0.15, -0.1) is 0 Å². The van der Waals surface area contributed by atoms with Crippen LogP contribution in [0.3, 0.4) is 0 Å². The lowest BCUT2D eigenvalue weighted by Crippen LogP contribution is -1.97. The van der Waals surface area contributed by atoms with Crippen molar-refractivity contribution in [2.75, 3.05) is 12.8 Å². The smallest absolute Gasteiger partial charge is 0.125 e. The molecule has 2 rings (SSSR count). The van der Waals surface area contributed by atoms with Crippen LogP contribution in [0, 0.1) is 5.82 Å². The Morgan fingerprint density at radius 3 is 2.39 bits per heavy atom. The first-order chi connectivity index (χ1) is 8.67. The van der Waals surface area contributed by atoms with Crippen molar-refractivity contribution < 1.29 is 13.9 Å². The van der Waals surface area contributed by atoms with Crippen LogP contribution < -0.4 is 15.2 Å². The molecule has 2 aromatic rings. The zero-order valence-corrected chi connectivity index (χ0v) is 10.0. The van der Waals surface area contributed by atoms with Gasteiger partial charge in [-0.25, -0.2) is 4.39 Å². The molecular formula is C14H14FNO2. The molecule has 0 bridgehead atoms. The lowest BCUT2D eigenvalue weighted by molar-refractivity contribution is 0.303. The van der Waals surface area contributed by atoms with Gasteiger partial charge in [0.25, 0.3) is 0 Å². The van der Waals surface area contributed by atoms with Crippen molar-refractivity contribution in [3.05, 3.63) is 53.8 Å². The van der Waals surface area contributed by atoms with Gasteiger partial charge in [0.1, 0.15) is 23.9 Å². The lowest BCUT2D eigenvalue weighted by atomic mass is 10.2. The summed E-state index contributed by atoms with van der Waals surface area (Å²) in [6.07, 6.45) is 0. The van der Waals surface area contributed by atoms with Crippen LogP contribution in [-0.4, -0.2) is 7.11 Å². The fraction of sp³-hybridized carbons (Fsp3) is 0.143. The summed E-state index contributed by atoms with van der Waals surface area (Å²) in [5, 5.41) is 0. The second-order valence-electron chi connectivity index (χ2n) is 3.86. The van der Waals surface area contributed by atoms with E-state index in [4.69, 9.17) is 15.2 Å². The molecule has 0 radical (unpaired) electrons. The second kappa shape index (κ2) is 5.40. The lowest BCUT2D eigenvalue weighted by Gasteiger charge is -2.09. The van der Waals surface area contributed by atoms with Gasteiger partial charge in [-0.1, -0.05) is 12.1 Å². The molecule has 4 heteroatoms. The number of benzene rings is 2. The third-order valence-corrected chi connectivity index (χ3v) is 2.46. The molecule has 0 heterocycles. The molecule has 0 aliphatic rings. The first-order valence-electron chi connectivity index (χ1n) is 5.49. The number of nitrogen functional groups attached to an aromatic ring is 1. The van der Waals surface area contributed by atoms with Gasteiger partial charge in [0, 0.05) is 23.9 Å². The van der Waals surface area contributed by atoms with Crippen molar-refractivity contribution in [1.82, 2.24) is 0 Å². The molecular weight excluding hydrogens is 233 g/mol. The summed E-state index contributed by atoms with van der Waals surface area (Å²) in [5.74, 6) is 1.00. The van der Waals surface area contributed by atoms with Crippen molar-refractivity contribution in [3.63, 3.8) is 0 Å². The fourth-order valence-corrected chi connectivity index (χ4v) is 1.54. The minimum Gasteiger partial charge on any atom is -0.497 e. The summed E-state index contributed by atoms with van der Waals surface area (Å²) in [5.41, 5.74) is 7.17. The van der Waals surface area contributed by atoms with Crippen LogP contribution in [0.15, 0.2) is 42.5 Å². The van der Waals surface area contributed by atoms with Crippen molar-refractivity contribution >= 4 is 5.69 Å². The highest BCUT2D eigenvalue weighted by atomic mass is 19.1. The molecule has 0 saturated carbocycles. The fourth-order valence-electron chi connectivity index (χ4n) is 1.54. The van der Waals surface area contributed by atoms with Crippen LogP contribution in [0.1, 0.15) is 5.56 Å². The van der Waals surface area contributed by atoms with Crippen molar-refractivity contribution in [2.24, 2.45) is 0 Å². The molecule has 18 heavy (non-hydrogen) atoms. The van der Waals surface area contributed by atoms with Crippen LogP contribution in [0.4, 0.5) is 10.1 Å². The Kier molecular flexibility index (Phi) is 3.67. The Morgan fingerprint density at radius 1 is 1.06 bits per heavy atom. The zero-order chi connectivity index (χ0) is 13.0. The molecule has 94 valence electrons. The SMILES string of the molecule is COc1cc(N)cc(OCc2ccc(F)cc2)c1. The van der Waals surface area contributed by atoms with Gasteiger partial charge in [0.2, 0.25) is 0 Å². The van der Waals surface area contributed by atoms with E-state index in [1.807, 2.05) is 0 Å². The van der Waals surface area contributed by atoms with Gasteiger partial charge < -0.3 is 15.2 Å². The first kappa shape index (κ1) is 12.2. The molecule has 0 amide bonds. The largest absolute Gasteiger partial charge is 0.497 e. The normalized spacial score (nSPS) is 10.1. The molecule has 0 unspecified atom stereocenters. The molecule has 0 spiro atoms. The maximum Gasteiger partial charge on any atom is 0.125 e. The molecule has 2 N–H and O–H groups in total. The van der Waals surface area contributed by atoms with E-state index in [0.717, 1.165) is 5.56 Å². The van der Waals surface area contributed by atoms with E-state index < -0.39 is 0 Å². The summed E-state index contributed by atoms with van der Waals surface area (Å²) in [7, 11) is 1.57. The quantitative estimate of drug-likeness (QED) is 0.845. The highest BCUT2D eigenvalue weighted by molar-refractivity contribution is 5.50. The van der Waals surface area contributed by atoms with E-state index >= 15 is 0 Å². The third-order valence-electron chi connectivity index (χ3n) is 2.46. The van der Waals surface area contributed by atoms with Gasteiger partial charge in [-0.3, -0.25) is 0 Å². The standard InChI is InChI=1S/C14H14FNO2/c1-17-13-6-12(16)7-14(8-13)18-9-10-2-4-11(15)5-3-10/h2-8H,9,16H2,1H3. The monoisotopic (exact) mass is 247 g/mol. The highest BCUT2D eigenvalue weighted by Crippen LogP contribution is 2.24. The zero-order valence-electron chi connectivity index (χ0n) is 10.0. The van der Waals surface area contributed by atoms with Crippen molar-refractivity contribution in [3.8, 4) is 11.5 Å². The number of hydrogen-bond donors (Lipinski definition) is 1. The van der Waals surface area contributed by atoms with Crippen LogP contribution >= 0.6 is 0 Å². The van der Waals surface area contributed by atoms with E-state index in [1.54, 1.807) is 37.4 Å². The Labute approximate surface area is 105 Å². The first-order valence-corrected chi connectivity index (χ1v) is 5.49. The second-order valence-corrected chi connectivity index (χ2v) is 3.86. The van der Waals surface area contributed by atoms with Crippen molar-refractivity contribution in [2.45, 2.75) is 6.61 Å². The predicted octanol–water partition coefficient (Wildman–Crippen LogP) is 3.00. The summed E-state index contributed by atoms with van der Waals surface area (Å²) in [6.45, 7) is 0.354. The Morgan fingerprint density at radius 2 is 1.72 bits per heavy atom. The Hall–Kier alpha value is -2.23. The van der Waals surface area contributed by atoms with Crippen LogP contribution in [0.25, 0.3) is 0 Å². The highest BCUT2D eigenvalue weighted by Gasteiger charge is 2.01. The minimum absolute atomic E-state index is 0.260. The molecule has 0 atom stereocenters. The summed E-state index contributed by atoms with van der Waals surface area (Å²) in [4.78, 5) is 0. The van der Waals surface area contributed by atoms with Crippen LogP contribution in [0.2, 0.25) is 0 Å². The van der Waals surface area contributed by atoms with E-state index in [-0.39, 0.29) is 5.82 Å².